The molecule has 2 rings (SSSR count). The quantitative estimate of drug-likeness (QED) is 0.761. The Balaban J connectivity index is 0.00000128. The van der Waals surface area contributed by atoms with Gasteiger partial charge in [0, 0.05) is 18.6 Å². The van der Waals surface area contributed by atoms with E-state index in [2.05, 4.69) is 5.32 Å². The summed E-state index contributed by atoms with van der Waals surface area (Å²) < 4.78 is 5.65. The molecular weight excluding hydrogens is 228 g/mol. The summed E-state index contributed by atoms with van der Waals surface area (Å²) in [7, 11) is 0. The normalized spacial score (nSPS) is 34.8. The summed E-state index contributed by atoms with van der Waals surface area (Å²) in [6, 6.07) is -0.127. The average molecular weight is 249 g/mol. The third-order valence-electron chi connectivity index (χ3n) is 3.52. The summed E-state index contributed by atoms with van der Waals surface area (Å²) in [5, 5.41) is 3.05. The van der Waals surface area contributed by atoms with Crippen molar-refractivity contribution in [3.63, 3.8) is 0 Å². The minimum Gasteiger partial charge on any atom is -0.378 e. The van der Waals surface area contributed by atoms with Crippen molar-refractivity contribution in [3.05, 3.63) is 0 Å². The smallest absolute Gasteiger partial charge is 0.236 e. The first-order valence-corrected chi connectivity index (χ1v) is 5.86. The first-order valence-electron chi connectivity index (χ1n) is 5.86. The average Bonchev–Trinajstić information content (AvgIpc) is 2.66. The molecule has 4 atom stereocenters. The van der Waals surface area contributed by atoms with Gasteiger partial charge >= 0.3 is 0 Å². The first-order chi connectivity index (χ1) is 7.18. The maximum atomic E-state index is 11.5. The van der Waals surface area contributed by atoms with Crippen LogP contribution in [0.25, 0.3) is 0 Å². The maximum absolute atomic E-state index is 11.5. The molecule has 4 nitrogen and oxygen atoms in total. The van der Waals surface area contributed by atoms with Crippen LogP contribution in [-0.2, 0) is 9.53 Å². The highest BCUT2D eigenvalue weighted by Crippen LogP contribution is 2.34. The largest absolute Gasteiger partial charge is 0.378 e. The molecule has 0 radical (unpaired) electrons. The van der Waals surface area contributed by atoms with Crippen LogP contribution in [0.4, 0.5) is 0 Å². The van der Waals surface area contributed by atoms with Gasteiger partial charge in [0.1, 0.15) is 0 Å². The van der Waals surface area contributed by atoms with Gasteiger partial charge in [0.05, 0.1) is 12.1 Å². The topological polar surface area (TPSA) is 64.4 Å². The lowest BCUT2D eigenvalue weighted by Gasteiger charge is -2.33. The molecule has 3 N–H and O–H groups in total. The lowest BCUT2D eigenvalue weighted by molar-refractivity contribution is -0.123. The molecule has 1 aliphatic heterocycles. The number of halogens is 1. The van der Waals surface area contributed by atoms with Crippen molar-refractivity contribution in [2.45, 2.75) is 50.8 Å². The summed E-state index contributed by atoms with van der Waals surface area (Å²) in [4.78, 5) is 11.5. The Morgan fingerprint density at radius 1 is 1.44 bits per heavy atom. The molecule has 1 saturated heterocycles. The van der Waals surface area contributed by atoms with Crippen molar-refractivity contribution in [2.75, 3.05) is 6.61 Å². The summed E-state index contributed by atoms with van der Waals surface area (Å²) >= 11 is 0. The summed E-state index contributed by atoms with van der Waals surface area (Å²) in [6.07, 6.45) is 4.81. The van der Waals surface area contributed by atoms with E-state index >= 15 is 0 Å². The molecular formula is C11H21ClN2O2. The molecule has 1 aliphatic carbocycles. The van der Waals surface area contributed by atoms with Gasteiger partial charge < -0.3 is 15.8 Å². The Bertz CT molecular complexity index is 248. The number of nitrogens with one attached hydrogen (secondary N) is 1. The fraction of sp³-hybridized carbons (Fsp3) is 0.909. The molecule has 94 valence electrons. The van der Waals surface area contributed by atoms with E-state index in [-0.39, 0.29) is 24.4 Å². The molecule has 2 fully saturated rings. The van der Waals surface area contributed by atoms with Crippen molar-refractivity contribution in [2.24, 2.45) is 11.7 Å². The standard InChI is InChI=1S/C11H20N2O2.ClH/c1-7(12)11(14)13-9-3-2-4-10-8(9)5-6-15-10;/h7-10H,2-6,12H2,1H3,(H,13,14);1H. The highest BCUT2D eigenvalue weighted by Gasteiger charge is 2.38. The van der Waals surface area contributed by atoms with Crippen LogP contribution in [-0.4, -0.2) is 30.7 Å². The van der Waals surface area contributed by atoms with E-state index in [0.29, 0.717) is 12.0 Å². The van der Waals surface area contributed by atoms with Gasteiger partial charge in [-0.05, 0) is 32.6 Å². The van der Waals surface area contributed by atoms with Gasteiger partial charge in [0.2, 0.25) is 5.91 Å². The molecule has 1 saturated carbocycles. The fourth-order valence-electron chi connectivity index (χ4n) is 2.67. The molecule has 0 aromatic carbocycles. The van der Waals surface area contributed by atoms with Crippen LogP contribution in [0.3, 0.4) is 0 Å². The Labute approximate surface area is 103 Å². The zero-order valence-electron chi connectivity index (χ0n) is 9.65. The third-order valence-corrected chi connectivity index (χ3v) is 3.52. The van der Waals surface area contributed by atoms with Crippen LogP contribution in [0, 0.1) is 5.92 Å². The van der Waals surface area contributed by atoms with Crippen LogP contribution in [0.1, 0.15) is 32.6 Å². The zero-order chi connectivity index (χ0) is 10.8. The summed E-state index contributed by atoms with van der Waals surface area (Å²) in [5.74, 6) is 0.481. The predicted octanol–water partition coefficient (Wildman–Crippen LogP) is 0.829. The molecule has 0 bridgehead atoms. The molecule has 0 aromatic rings. The molecule has 16 heavy (non-hydrogen) atoms. The first kappa shape index (κ1) is 13.7. The highest BCUT2D eigenvalue weighted by molar-refractivity contribution is 5.85. The Morgan fingerprint density at radius 2 is 2.19 bits per heavy atom. The number of hydrogen-bond acceptors (Lipinski definition) is 3. The van der Waals surface area contributed by atoms with Gasteiger partial charge in [-0.15, -0.1) is 12.4 Å². The molecule has 0 spiro atoms. The van der Waals surface area contributed by atoms with Crippen LogP contribution in [0.2, 0.25) is 0 Å². The second kappa shape index (κ2) is 5.84. The van der Waals surface area contributed by atoms with Crippen molar-refractivity contribution in [1.29, 1.82) is 0 Å². The Hall–Kier alpha value is -0.320. The van der Waals surface area contributed by atoms with Crippen molar-refractivity contribution < 1.29 is 9.53 Å². The Morgan fingerprint density at radius 3 is 2.88 bits per heavy atom. The minimum absolute atomic E-state index is 0. The summed E-state index contributed by atoms with van der Waals surface area (Å²) in [6.45, 7) is 2.57. The number of ether oxygens (including phenoxy) is 1. The molecule has 5 heteroatoms. The second-order valence-electron chi connectivity index (χ2n) is 4.70. The molecule has 0 aromatic heterocycles. The van der Waals surface area contributed by atoms with Crippen LogP contribution in [0.15, 0.2) is 0 Å². The van der Waals surface area contributed by atoms with E-state index in [0.717, 1.165) is 32.3 Å². The van der Waals surface area contributed by atoms with Crippen LogP contribution < -0.4 is 11.1 Å². The monoisotopic (exact) mass is 248 g/mol. The van der Waals surface area contributed by atoms with Gasteiger partial charge in [0.15, 0.2) is 0 Å². The van der Waals surface area contributed by atoms with E-state index in [4.69, 9.17) is 10.5 Å². The van der Waals surface area contributed by atoms with Gasteiger partial charge in [-0.1, -0.05) is 0 Å². The Kier molecular flexibility index (Phi) is 5.02. The van der Waals surface area contributed by atoms with Crippen LogP contribution in [0.5, 0.6) is 0 Å². The number of carbonyl (C=O) groups excluding carboxylic acids is 1. The third kappa shape index (κ3) is 2.87. The van der Waals surface area contributed by atoms with E-state index < -0.39 is 6.04 Å². The minimum atomic E-state index is -0.410. The zero-order valence-corrected chi connectivity index (χ0v) is 10.5. The summed E-state index contributed by atoms with van der Waals surface area (Å²) in [5.41, 5.74) is 5.55. The van der Waals surface area contributed by atoms with Crippen molar-refractivity contribution in [1.82, 2.24) is 5.32 Å². The maximum Gasteiger partial charge on any atom is 0.236 e. The number of fused-ring (bicyclic) bond motifs is 1. The van der Waals surface area contributed by atoms with Crippen LogP contribution >= 0.6 is 12.4 Å². The van der Waals surface area contributed by atoms with Crippen molar-refractivity contribution >= 4 is 18.3 Å². The molecule has 1 heterocycles. The highest BCUT2D eigenvalue weighted by atomic mass is 35.5. The number of rotatable bonds is 2. The second-order valence-corrected chi connectivity index (χ2v) is 4.70. The van der Waals surface area contributed by atoms with E-state index in [1.807, 2.05) is 0 Å². The molecule has 4 unspecified atom stereocenters. The van der Waals surface area contributed by atoms with E-state index in [1.54, 1.807) is 6.92 Å². The molecule has 2 aliphatic rings. The lowest BCUT2D eigenvalue weighted by Crippen LogP contribution is -2.50. The fourth-order valence-corrected chi connectivity index (χ4v) is 2.67. The van der Waals surface area contributed by atoms with E-state index in [1.165, 1.54) is 0 Å². The lowest BCUT2D eigenvalue weighted by atomic mass is 9.81. The van der Waals surface area contributed by atoms with Gasteiger partial charge in [-0.2, -0.15) is 0 Å². The van der Waals surface area contributed by atoms with Gasteiger partial charge in [-0.25, -0.2) is 0 Å². The van der Waals surface area contributed by atoms with Gasteiger partial charge in [0.25, 0.3) is 0 Å². The number of hydrogen-bond donors (Lipinski definition) is 2. The van der Waals surface area contributed by atoms with Crippen molar-refractivity contribution in [3.8, 4) is 0 Å². The molecule has 1 amide bonds. The number of carbonyl (C=O) groups is 1. The van der Waals surface area contributed by atoms with E-state index in [9.17, 15) is 4.79 Å². The predicted molar refractivity (Wildman–Crippen MR) is 64.5 cm³/mol. The number of nitrogens with two attached hydrogens (primary N) is 1. The SMILES string of the molecule is CC(N)C(=O)NC1CCCC2OCCC12.Cl. The van der Waals surface area contributed by atoms with Gasteiger partial charge in [-0.3, -0.25) is 4.79 Å². The number of amides is 1.